The second kappa shape index (κ2) is 6.34. The summed E-state index contributed by atoms with van der Waals surface area (Å²) in [6, 6.07) is 1.77. The minimum absolute atomic E-state index is 0.134. The summed E-state index contributed by atoms with van der Waals surface area (Å²) < 4.78 is 27.7. The van der Waals surface area contributed by atoms with E-state index in [0.717, 1.165) is 31.5 Å². The number of nitrogens with zero attached hydrogens (tertiary/aromatic N) is 2. The van der Waals surface area contributed by atoms with Crippen molar-refractivity contribution in [1.29, 1.82) is 0 Å². The van der Waals surface area contributed by atoms with E-state index in [4.69, 9.17) is 0 Å². The number of hydrogen-bond acceptors (Lipinski definition) is 4. The predicted molar refractivity (Wildman–Crippen MR) is 76.5 cm³/mol. The normalized spacial score (nSPS) is 18.2. The van der Waals surface area contributed by atoms with Gasteiger partial charge >= 0.3 is 0 Å². The minimum Gasteiger partial charge on any atom is -0.360 e. The highest BCUT2D eigenvalue weighted by molar-refractivity contribution is 5.65. The van der Waals surface area contributed by atoms with Gasteiger partial charge in [-0.3, -0.25) is 10.1 Å². The predicted octanol–water partition coefficient (Wildman–Crippen LogP) is 2.84. The lowest BCUT2D eigenvalue weighted by atomic mass is 10.1. The molecule has 1 atom stereocenters. The van der Waals surface area contributed by atoms with Gasteiger partial charge < -0.3 is 10.2 Å². The summed E-state index contributed by atoms with van der Waals surface area (Å²) in [7, 11) is 0. The van der Waals surface area contributed by atoms with Crippen LogP contribution in [0.4, 0.5) is 20.2 Å². The molecule has 1 N–H and O–H groups in total. The van der Waals surface area contributed by atoms with Crippen LogP contribution in [0.2, 0.25) is 0 Å². The van der Waals surface area contributed by atoms with Crippen molar-refractivity contribution in [2.45, 2.75) is 38.8 Å². The summed E-state index contributed by atoms with van der Waals surface area (Å²) in [5, 5.41) is 14.4. The van der Waals surface area contributed by atoms with Crippen LogP contribution >= 0.6 is 0 Å². The third-order valence-electron chi connectivity index (χ3n) is 3.73. The van der Waals surface area contributed by atoms with Gasteiger partial charge in [-0.05, 0) is 39.3 Å². The maximum atomic E-state index is 14.2. The van der Waals surface area contributed by atoms with Crippen molar-refractivity contribution in [2.24, 2.45) is 0 Å². The zero-order valence-corrected chi connectivity index (χ0v) is 12.1. The van der Waals surface area contributed by atoms with Crippen molar-refractivity contribution in [3.8, 4) is 0 Å². The Morgan fingerprint density at radius 3 is 2.71 bits per heavy atom. The van der Waals surface area contributed by atoms with Gasteiger partial charge in [0, 0.05) is 24.7 Å². The van der Waals surface area contributed by atoms with Crippen LogP contribution in [0.15, 0.2) is 12.1 Å². The molecule has 1 aromatic carbocycles. The molecular formula is C14H19F2N3O2. The molecule has 0 aromatic heterocycles. The fraction of sp³-hybridized carbons (Fsp3) is 0.571. The number of nitro benzene ring substituents is 1. The Morgan fingerprint density at radius 2 is 2.19 bits per heavy atom. The molecule has 0 saturated carbocycles. The van der Waals surface area contributed by atoms with Gasteiger partial charge in [0.25, 0.3) is 5.69 Å². The summed E-state index contributed by atoms with van der Waals surface area (Å²) in [4.78, 5) is 12.0. The molecule has 7 heteroatoms. The topological polar surface area (TPSA) is 58.4 Å². The number of nitro groups is 1. The summed E-state index contributed by atoms with van der Waals surface area (Å²) in [6.45, 7) is 4.91. The Morgan fingerprint density at radius 1 is 1.48 bits per heavy atom. The van der Waals surface area contributed by atoms with Gasteiger partial charge in [0.15, 0.2) is 17.3 Å². The molecule has 1 unspecified atom stereocenters. The lowest BCUT2D eigenvalue weighted by molar-refractivity contribution is -0.384. The third-order valence-corrected chi connectivity index (χ3v) is 3.73. The highest BCUT2D eigenvalue weighted by atomic mass is 19.2. The van der Waals surface area contributed by atoms with Gasteiger partial charge in [0.05, 0.1) is 4.92 Å². The highest BCUT2D eigenvalue weighted by Crippen LogP contribution is 2.34. The Balaban J connectivity index is 2.42. The molecule has 0 bridgehead atoms. The molecule has 2 rings (SSSR count). The van der Waals surface area contributed by atoms with Gasteiger partial charge in [0.1, 0.15) is 0 Å². The van der Waals surface area contributed by atoms with E-state index >= 15 is 0 Å². The Bertz CT molecular complexity index is 531. The highest BCUT2D eigenvalue weighted by Gasteiger charge is 2.30. The zero-order valence-electron chi connectivity index (χ0n) is 12.1. The number of anilines is 1. The van der Waals surface area contributed by atoms with Crippen molar-refractivity contribution in [3.05, 3.63) is 33.9 Å². The van der Waals surface area contributed by atoms with Crippen LogP contribution in [0.1, 0.15) is 26.7 Å². The molecule has 1 saturated heterocycles. The van der Waals surface area contributed by atoms with E-state index in [1.54, 1.807) is 4.90 Å². The fourth-order valence-electron chi connectivity index (χ4n) is 2.66. The van der Waals surface area contributed by atoms with E-state index in [2.05, 4.69) is 5.32 Å². The first-order valence-corrected chi connectivity index (χ1v) is 7.04. The smallest absolute Gasteiger partial charge is 0.295 e. The second-order valence-corrected chi connectivity index (χ2v) is 5.53. The molecule has 1 aliphatic heterocycles. The van der Waals surface area contributed by atoms with E-state index in [-0.39, 0.29) is 17.8 Å². The van der Waals surface area contributed by atoms with E-state index < -0.39 is 22.2 Å². The van der Waals surface area contributed by atoms with Crippen molar-refractivity contribution >= 4 is 11.4 Å². The molecule has 5 nitrogen and oxygen atoms in total. The SMILES string of the molecule is CC(C)N(CC1CCCN1)c1c([N+](=O)[O-])ccc(F)c1F. The lowest BCUT2D eigenvalue weighted by Gasteiger charge is -2.31. The van der Waals surface area contributed by atoms with Gasteiger partial charge in [-0.1, -0.05) is 0 Å². The van der Waals surface area contributed by atoms with Crippen LogP contribution in [0.25, 0.3) is 0 Å². The van der Waals surface area contributed by atoms with Crippen LogP contribution < -0.4 is 10.2 Å². The molecule has 116 valence electrons. The van der Waals surface area contributed by atoms with Crippen molar-refractivity contribution in [1.82, 2.24) is 5.32 Å². The molecule has 1 heterocycles. The van der Waals surface area contributed by atoms with Crippen LogP contribution in [0.3, 0.4) is 0 Å². The fourth-order valence-corrected chi connectivity index (χ4v) is 2.66. The van der Waals surface area contributed by atoms with Gasteiger partial charge in [-0.2, -0.15) is 0 Å². The average Bonchev–Trinajstić information content (AvgIpc) is 2.92. The zero-order chi connectivity index (χ0) is 15.6. The van der Waals surface area contributed by atoms with Crippen LogP contribution in [0.5, 0.6) is 0 Å². The summed E-state index contributed by atoms with van der Waals surface area (Å²) in [5.41, 5.74) is -0.663. The largest absolute Gasteiger partial charge is 0.360 e. The molecular weight excluding hydrogens is 280 g/mol. The number of benzene rings is 1. The molecule has 1 fully saturated rings. The average molecular weight is 299 g/mol. The second-order valence-electron chi connectivity index (χ2n) is 5.53. The van der Waals surface area contributed by atoms with E-state index in [9.17, 15) is 18.9 Å². The van der Waals surface area contributed by atoms with Crippen LogP contribution in [0, 0.1) is 21.7 Å². The van der Waals surface area contributed by atoms with E-state index in [1.165, 1.54) is 0 Å². The van der Waals surface area contributed by atoms with E-state index in [1.807, 2.05) is 13.8 Å². The number of rotatable bonds is 5. The lowest BCUT2D eigenvalue weighted by Crippen LogP contribution is -2.42. The molecule has 0 spiro atoms. The Kier molecular flexibility index (Phi) is 4.72. The van der Waals surface area contributed by atoms with Gasteiger partial charge in [0.2, 0.25) is 0 Å². The number of nitrogens with one attached hydrogen (secondary N) is 1. The van der Waals surface area contributed by atoms with E-state index in [0.29, 0.717) is 6.54 Å². The molecule has 0 amide bonds. The van der Waals surface area contributed by atoms with Crippen molar-refractivity contribution in [3.63, 3.8) is 0 Å². The molecule has 1 aliphatic rings. The first kappa shape index (κ1) is 15.6. The van der Waals surface area contributed by atoms with Crippen molar-refractivity contribution in [2.75, 3.05) is 18.0 Å². The molecule has 0 aliphatic carbocycles. The molecule has 21 heavy (non-hydrogen) atoms. The Labute approximate surface area is 122 Å². The Hall–Kier alpha value is -1.76. The maximum absolute atomic E-state index is 14.2. The van der Waals surface area contributed by atoms with Crippen molar-refractivity contribution < 1.29 is 13.7 Å². The standard InChI is InChI=1S/C14H19F2N3O2/c1-9(2)18(8-10-4-3-7-17-10)14-12(19(20)21)6-5-11(15)13(14)16/h5-6,9-10,17H,3-4,7-8H2,1-2H3. The van der Waals surface area contributed by atoms with Gasteiger partial charge in [-0.15, -0.1) is 0 Å². The minimum atomic E-state index is -1.16. The first-order valence-electron chi connectivity index (χ1n) is 7.04. The first-order chi connectivity index (χ1) is 9.91. The summed E-state index contributed by atoms with van der Waals surface area (Å²) >= 11 is 0. The number of halogens is 2. The van der Waals surface area contributed by atoms with Crippen LogP contribution in [-0.4, -0.2) is 30.1 Å². The summed E-state index contributed by atoms with van der Waals surface area (Å²) in [6.07, 6.45) is 1.94. The molecule has 0 radical (unpaired) electrons. The molecule has 1 aromatic rings. The maximum Gasteiger partial charge on any atom is 0.295 e. The number of hydrogen-bond donors (Lipinski definition) is 1. The van der Waals surface area contributed by atoms with Gasteiger partial charge in [-0.25, -0.2) is 8.78 Å². The monoisotopic (exact) mass is 299 g/mol. The van der Waals surface area contributed by atoms with Crippen LogP contribution in [-0.2, 0) is 0 Å². The third kappa shape index (κ3) is 3.29. The summed E-state index contributed by atoms with van der Waals surface area (Å²) in [5.74, 6) is -2.23. The quantitative estimate of drug-likeness (QED) is 0.671.